The molecule has 3 rings (SSSR count). The van der Waals surface area contributed by atoms with Crippen LogP contribution in [0.3, 0.4) is 0 Å². The van der Waals surface area contributed by atoms with Crippen molar-refractivity contribution in [3.05, 3.63) is 77.4 Å². The molecule has 3 aromatic carbocycles. The number of benzene rings is 3. The largest absolute Gasteiger partial charge is 0.489 e. The molecule has 0 aliphatic carbocycles. The van der Waals surface area contributed by atoms with Gasteiger partial charge in [0.1, 0.15) is 12.4 Å². The molecule has 2 heteroatoms. The van der Waals surface area contributed by atoms with Gasteiger partial charge in [-0.1, -0.05) is 61.5 Å². The van der Waals surface area contributed by atoms with Gasteiger partial charge in [-0.25, -0.2) is 0 Å². The smallest absolute Gasteiger partial charge is 0.124 e. The second kappa shape index (κ2) is 7.98. The van der Waals surface area contributed by atoms with Gasteiger partial charge in [0.2, 0.25) is 0 Å². The first-order valence-electron chi connectivity index (χ1n) is 8.68. The normalized spacial score (nSPS) is 10.9. The number of fused-ring (bicyclic) bond motifs is 1. The van der Waals surface area contributed by atoms with Crippen LogP contribution in [0.2, 0.25) is 0 Å². The Hall–Kier alpha value is -2.32. The lowest BCUT2D eigenvalue weighted by Gasteiger charge is -2.16. The summed E-state index contributed by atoms with van der Waals surface area (Å²) in [6, 6.07) is 21.1. The van der Waals surface area contributed by atoms with Gasteiger partial charge < -0.3 is 10.1 Å². The zero-order valence-corrected chi connectivity index (χ0v) is 14.5. The molecule has 0 saturated heterocycles. The van der Waals surface area contributed by atoms with E-state index in [1.54, 1.807) is 0 Å². The summed E-state index contributed by atoms with van der Waals surface area (Å²) in [6.45, 7) is 6.76. The SMILES string of the molecule is CCCNCc1c(OCc2ccccc2C)ccc2ccccc12. The van der Waals surface area contributed by atoms with Crippen LogP contribution in [0.4, 0.5) is 0 Å². The molecule has 1 N–H and O–H groups in total. The molecule has 0 aliphatic heterocycles. The number of rotatable bonds is 7. The fourth-order valence-electron chi connectivity index (χ4n) is 2.95. The summed E-state index contributed by atoms with van der Waals surface area (Å²) in [6.07, 6.45) is 1.13. The number of hydrogen-bond donors (Lipinski definition) is 1. The van der Waals surface area contributed by atoms with E-state index in [1.165, 1.54) is 27.5 Å². The van der Waals surface area contributed by atoms with Gasteiger partial charge in [-0.2, -0.15) is 0 Å². The highest BCUT2D eigenvalue weighted by atomic mass is 16.5. The minimum Gasteiger partial charge on any atom is -0.489 e. The Morgan fingerprint density at radius 1 is 0.917 bits per heavy atom. The van der Waals surface area contributed by atoms with E-state index in [0.717, 1.165) is 25.3 Å². The van der Waals surface area contributed by atoms with Gasteiger partial charge in [0.15, 0.2) is 0 Å². The third kappa shape index (κ3) is 3.77. The van der Waals surface area contributed by atoms with Gasteiger partial charge in [0, 0.05) is 12.1 Å². The molecule has 0 saturated carbocycles. The first kappa shape index (κ1) is 16.5. The Morgan fingerprint density at radius 3 is 2.54 bits per heavy atom. The molecule has 3 aromatic rings. The van der Waals surface area contributed by atoms with E-state index in [0.29, 0.717) is 6.61 Å². The van der Waals surface area contributed by atoms with Crippen LogP contribution in [-0.2, 0) is 13.2 Å². The van der Waals surface area contributed by atoms with Crippen molar-refractivity contribution < 1.29 is 4.74 Å². The molecule has 0 amide bonds. The van der Waals surface area contributed by atoms with Crippen molar-refractivity contribution in [3.63, 3.8) is 0 Å². The van der Waals surface area contributed by atoms with Crippen LogP contribution in [0, 0.1) is 6.92 Å². The van der Waals surface area contributed by atoms with Crippen molar-refractivity contribution in [2.24, 2.45) is 0 Å². The molecule has 0 aliphatic rings. The van der Waals surface area contributed by atoms with Crippen molar-refractivity contribution in [3.8, 4) is 5.75 Å². The zero-order chi connectivity index (χ0) is 16.8. The quantitative estimate of drug-likeness (QED) is 0.602. The average molecular weight is 319 g/mol. The van der Waals surface area contributed by atoms with Gasteiger partial charge >= 0.3 is 0 Å². The molecule has 0 fully saturated rings. The van der Waals surface area contributed by atoms with E-state index in [4.69, 9.17) is 4.74 Å². The van der Waals surface area contributed by atoms with E-state index in [1.807, 2.05) is 0 Å². The van der Waals surface area contributed by atoms with Crippen molar-refractivity contribution in [1.29, 1.82) is 0 Å². The molecule has 0 atom stereocenters. The Kier molecular flexibility index (Phi) is 5.50. The van der Waals surface area contributed by atoms with E-state index < -0.39 is 0 Å². The number of hydrogen-bond acceptors (Lipinski definition) is 2. The maximum atomic E-state index is 6.20. The Morgan fingerprint density at radius 2 is 1.71 bits per heavy atom. The van der Waals surface area contributed by atoms with E-state index in [2.05, 4.69) is 79.8 Å². The fourth-order valence-corrected chi connectivity index (χ4v) is 2.95. The lowest BCUT2D eigenvalue weighted by Crippen LogP contribution is -2.15. The van der Waals surface area contributed by atoms with Crippen molar-refractivity contribution in [2.75, 3.05) is 6.54 Å². The first-order valence-corrected chi connectivity index (χ1v) is 8.68. The Bertz CT molecular complexity index is 810. The number of nitrogens with one attached hydrogen (secondary N) is 1. The maximum absolute atomic E-state index is 6.20. The topological polar surface area (TPSA) is 21.3 Å². The third-order valence-electron chi connectivity index (χ3n) is 4.37. The highest BCUT2D eigenvalue weighted by molar-refractivity contribution is 5.87. The Balaban J connectivity index is 1.88. The summed E-state index contributed by atoms with van der Waals surface area (Å²) < 4.78 is 6.20. The van der Waals surface area contributed by atoms with Crippen LogP contribution in [0.1, 0.15) is 30.0 Å². The Labute approximate surface area is 144 Å². The highest BCUT2D eigenvalue weighted by Gasteiger charge is 2.09. The molecule has 0 spiro atoms. The zero-order valence-electron chi connectivity index (χ0n) is 14.5. The second-order valence-corrected chi connectivity index (χ2v) is 6.16. The van der Waals surface area contributed by atoms with Crippen molar-refractivity contribution in [1.82, 2.24) is 5.32 Å². The van der Waals surface area contributed by atoms with Gasteiger partial charge in [-0.3, -0.25) is 0 Å². The monoisotopic (exact) mass is 319 g/mol. The lowest BCUT2D eigenvalue weighted by molar-refractivity contribution is 0.302. The summed E-state index contributed by atoms with van der Waals surface area (Å²) in [4.78, 5) is 0. The van der Waals surface area contributed by atoms with Gasteiger partial charge in [0.05, 0.1) is 0 Å². The molecular weight excluding hydrogens is 294 g/mol. The average Bonchev–Trinajstić information content (AvgIpc) is 2.62. The number of ether oxygens (including phenoxy) is 1. The van der Waals surface area contributed by atoms with Crippen LogP contribution in [0.5, 0.6) is 5.75 Å². The van der Waals surface area contributed by atoms with E-state index in [9.17, 15) is 0 Å². The van der Waals surface area contributed by atoms with Crippen molar-refractivity contribution >= 4 is 10.8 Å². The fraction of sp³-hybridized carbons (Fsp3) is 0.273. The van der Waals surface area contributed by atoms with E-state index in [-0.39, 0.29) is 0 Å². The van der Waals surface area contributed by atoms with Gasteiger partial charge in [0.25, 0.3) is 0 Å². The molecule has 24 heavy (non-hydrogen) atoms. The predicted molar refractivity (Wildman–Crippen MR) is 101 cm³/mol. The molecule has 0 radical (unpaired) electrons. The third-order valence-corrected chi connectivity index (χ3v) is 4.37. The molecule has 0 heterocycles. The summed E-state index contributed by atoms with van der Waals surface area (Å²) in [5.74, 6) is 0.973. The standard InChI is InChI=1S/C22H25NO/c1-3-14-23-15-21-20-11-7-6-9-18(20)12-13-22(21)24-16-19-10-5-4-8-17(19)2/h4-13,23H,3,14-16H2,1-2H3. The van der Waals surface area contributed by atoms with Crippen molar-refractivity contribution in [2.45, 2.75) is 33.4 Å². The molecule has 0 bridgehead atoms. The molecule has 2 nitrogen and oxygen atoms in total. The summed E-state index contributed by atoms with van der Waals surface area (Å²) in [5.41, 5.74) is 3.75. The molecular formula is C22H25NO. The van der Waals surface area contributed by atoms with Crippen LogP contribution < -0.4 is 10.1 Å². The first-order chi connectivity index (χ1) is 11.8. The highest BCUT2D eigenvalue weighted by Crippen LogP contribution is 2.29. The molecule has 0 aromatic heterocycles. The van der Waals surface area contributed by atoms with Gasteiger partial charge in [-0.05, 0) is 47.9 Å². The predicted octanol–water partition coefficient (Wildman–Crippen LogP) is 5.23. The van der Waals surface area contributed by atoms with Crippen LogP contribution >= 0.6 is 0 Å². The van der Waals surface area contributed by atoms with Crippen LogP contribution in [-0.4, -0.2) is 6.54 Å². The molecule has 0 unspecified atom stereocenters. The van der Waals surface area contributed by atoms with E-state index >= 15 is 0 Å². The van der Waals surface area contributed by atoms with Gasteiger partial charge in [-0.15, -0.1) is 0 Å². The maximum Gasteiger partial charge on any atom is 0.124 e. The minimum absolute atomic E-state index is 0.603. The number of aryl methyl sites for hydroxylation is 1. The summed E-state index contributed by atoms with van der Waals surface area (Å²) >= 11 is 0. The van der Waals surface area contributed by atoms with Crippen LogP contribution in [0.25, 0.3) is 10.8 Å². The molecule has 124 valence electrons. The summed E-state index contributed by atoms with van der Waals surface area (Å²) in [5, 5.41) is 6.04. The summed E-state index contributed by atoms with van der Waals surface area (Å²) in [7, 11) is 0. The van der Waals surface area contributed by atoms with Crippen LogP contribution in [0.15, 0.2) is 60.7 Å². The second-order valence-electron chi connectivity index (χ2n) is 6.16. The minimum atomic E-state index is 0.603. The lowest BCUT2D eigenvalue weighted by atomic mass is 10.0.